The van der Waals surface area contributed by atoms with Crippen LogP contribution in [0, 0.1) is 5.82 Å². The highest BCUT2D eigenvalue weighted by Crippen LogP contribution is 2.43. The van der Waals surface area contributed by atoms with E-state index >= 15 is 0 Å². The Morgan fingerprint density at radius 3 is 2.13 bits per heavy atom. The van der Waals surface area contributed by atoms with Crippen LogP contribution in [0.1, 0.15) is 104 Å². The number of hydrogen-bond acceptors (Lipinski definition) is 5. The lowest BCUT2D eigenvalue weighted by Gasteiger charge is -2.40. The van der Waals surface area contributed by atoms with E-state index in [1.807, 2.05) is 0 Å². The summed E-state index contributed by atoms with van der Waals surface area (Å²) >= 11 is 0. The lowest BCUT2D eigenvalue weighted by molar-refractivity contribution is -0.121. The molecule has 1 saturated carbocycles. The number of fused-ring (bicyclic) bond motifs is 1. The lowest BCUT2D eigenvalue weighted by Crippen LogP contribution is -2.38. The molecule has 1 aliphatic heterocycles. The van der Waals surface area contributed by atoms with Crippen molar-refractivity contribution < 1.29 is 18.7 Å². The van der Waals surface area contributed by atoms with Crippen LogP contribution in [0.2, 0.25) is 0 Å². The number of benzene rings is 4. The second kappa shape index (κ2) is 19.9. The zero-order chi connectivity index (χ0) is 37.6. The van der Waals surface area contributed by atoms with Gasteiger partial charge in [0.05, 0.1) is 14.2 Å². The Labute approximate surface area is 322 Å². The number of carbonyl (C=O) groups is 1. The van der Waals surface area contributed by atoms with Gasteiger partial charge in [0, 0.05) is 37.0 Å². The minimum absolute atomic E-state index is 0.0360. The highest BCUT2D eigenvalue weighted by atomic mass is 19.1. The maximum absolute atomic E-state index is 13.3. The zero-order valence-corrected chi connectivity index (χ0v) is 32.5. The monoisotopic (exact) mass is 733 g/mol. The first-order valence-electron chi connectivity index (χ1n) is 20.3. The van der Waals surface area contributed by atoms with Crippen molar-refractivity contribution in [3.05, 3.63) is 131 Å². The van der Waals surface area contributed by atoms with Crippen molar-refractivity contribution >= 4 is 5.91 Å². The van der Waals surface area contributed by atoms with Gasteiger partial charge in [0.1, 0.15) is 5.82 Å². The van der Waals surface area contributed by atoms with E-state index in [-0.39, 0.29) is 17.1 Å². The Balaban J connectivity index is 1.15. The molecule has 4 aromatic carbocycles. The molecular weight excluding hydrogens is 674 g/mol. The van der Waals surface area contributed by atoms with Crippen LogP contribution in [0.15, 0.2) is 97.1 Å². The minimum Gasteiger partial charge on any atom is -0.493 e. The van der Waals surface area contributed by atoms with Gasteiger partial charge >= 0.3 is 0 Å². The number of methoxy groups -OCH3 is 2. The fourth-order valence-corrected chi connectivity index (χ4v) is 8.65. The molecule has 2 N–H and O–H groups in total. The maximum Gasteiger partial charge on any atom is 0.220 e. The molecule has 7 heteroatoms. The van der Waals surface area contributed by atoms with Crippen molar-refractivity contribution in [1.29, 1.82) is 0 Å². The molecule has 1 amide bonds. The average molecular weight is 734 g/mol. The van der Waals surface area contributed by atoms with E-state index in [0.717, 1.165) is 81.3 Å². The van der Waals surface area contributed by atoms with E-state index in [0.29, 0.717) is 25.4 Å². The summed E-state index contributed by atoms with van der Waals surface area (Å²) in [5.41, 5.74) is 6.21. The van der Waals surface area contributed by atoms with Gasteiger partial charge in [0.25, 0.3) is 0 Å². The van der Waals surface area contributed by atoms with E-state index in [1.165, 1.54) is 66.5 Å². The molecule has 1 heterocycles. The standard InChI is InChI=1S/C47H60FN3O3/c1-53-44-34-37-27-33-51(43(42(37)35-45(44)54-2)20-9-10-30-49-41-18-11-19-41)32-13-29-47(38-14-5-3-6-15-38,39-16-7-4-8-17-39)28-12-31-50-46(52)26-23-36-21-24-40(48)25-22-36/h3-8,14-17,21-22,24-25,34-35,41,43,49H,9-13,18-20,23,26-33H2,1-2H3,(H,50,52). The molecule has 288 valence electrons. The number of carbonyl (C=O) groups excluding carboxylic acids is 1. The molecule has 1 aliphatic carbocycles. The van der Waals surface area contributed by atoms with Crippen LogP contribution in [0.4, 0.5) is 4.39 Å². The predicted octanol–water partition coefficient (Wildman–Crippen LogP) is 9.35. The third-order valence-corrected chi connectivity index (χ3v) is 11.9. The first-order valence-corrected chi connectivity index (χ1v) is 20.3. The number of hydrogen-bond donors (Lipinski definition) is 2. The van der Waals surface area contributed by atoms with Gasteiger partial charge in [-0.1, -0.05) is 85.6 Å². The summed E-state index contributed by atoms with van der Waals surface area (Å²) in [7, 11) is 3.46. The fraction of sp³-hybridized carbons (Fsp3) is 0.468. The van der Waals surface area contributed by atoms with Crippen LogP contribution in [0.5, 0.6) is 11.5 Å². The number of unbranched alkanes of at least 4 members (excludes halogenated alkanes) is 1. The molecule has 1 unspecified atom stereocenters. The molecule has 0 aromatic heterocycles. The van der Waals surface area contributed by atoms with Gasteiger partial charge in [-0.2, -0.15) is 0 Å². The molecular formula is C47H60FN3O3. The summed E-state index contributed by atoms with van der Waals surface area (Å²) in [5.74, 6) is 1.40. The molecule has 0 saturated heterocycles. The van der Waals surface area contributed by atoms with Crippen molar-refractivity contribution in [1.82, 2.24) is 15.5 Å². The number of nitrogens with zero attached hydrogens (tertiary/aromatic N) is 1. The Bertz CT molecular complexity index is 1690. The third-order valence-electron chi connectivity index (χ3n) is 11.9. The Morgan fingerprint density at radius 2 is 1.48 bits per heavy atom. The number of halogens is 1. The van der Waals surface area contributed by atoms with Crippen molar-refractivity contribution in [3.8, 4) is 11.5 Å². The molecule has 4 aromatic rings. The smallest absolute Gasteiger partial charge is 0.220 e. The normalized spacial score (nSPS) is 16.0. The largest absolute Gasteiger partial charge is 0.493 e. The molecule has 0 radical (unpaired) electrons. The first-order chi connectivity index (χ1) is 26.5. The molecule has 2 aliphatic rings. The van der Waals surface area contributed by atoms with Crippen LogP contribution >= 0.6 is 0 Å². The zero-order valence-electron chi connectivity index (χ0n) is 32.5. The molecule has 0 spiro atoms. The Kier molecular flexibility index (Phi) is 14.6. The number of aryl methyl sites for hydroxylation is 1. The summed E-state index contributed by atoms with van der Waals surface area (Å²) in [4.78, 5) is 15.6. The second-order valence-corrected chi connectivity index (χ2v) is 15.3. The van der Waals surface area contributed by atoms with Gasteiger partial charge in [-0.3, -0.25) is 9.69 Å². The van der Waals surface area contributed by atoms with Crippen LogP contribution < -0.4 is 20.1 Å². The number of amides is 1. The third kappa shape index (κ3) is 10.3. The molecule has 6 nitrogen and oxygen atoms in total. The van der Waals surface area contributed by atoms with Crippen LogP contribution in [-0.4, -0.2) is 57.2 Å². The topological polar surface area (TPSA) is 62.8 Å². The second-order valence-electron chi connectivity index (χ2n) is 15.3. The number of ether oxygens (including phenoxy) is 2. The summed E-state index contributed by atoms with van der Waals surface area (Å²) < 4.78 is 24.8. The van der Waals surface area contributed by atoms with Gasteiger partial charge in [-0.05, 0) is 129 Å². The van der Waals surface area contributed by atoms with Crippen LogP contribution in [0.3, 0.4) is 0 Å². The van der Waals surface area contributed by atoms with Crippen LogP contribution in [0.25, 0.3) is 0 Å². The molecule has 54 heavy (non-hydrogen) atoms. The summed E-state index contributed by atoms with van der Waals surface area (Å²) in [6.07, 6.45) is 13.4. The van der Waals surface area contributed by atoms with E-state index in [1.54, 1.807) is 26.4 Å². The molecule has 0 bridgehead atoms. The van der Waals surface area contributed by atoms with Gasteiger partial charge in [-0.15, -0.1) is 0 Å². The van der Waals surface area contributed by atoms with Crippen molar-refractivity contribution in [2.24, 2.45) is 0 Å². The minimum atomic E-state index is -0.256. The van der Waals surface area contributed by atoms with Crippen molar-refractivity contribution in [2.75, 3.05) is 40.4 Å². The Hall–Kier alpha value is -4.20. The summed E-state index contributed by atoms with van der Waals surface area (Å²) in [6, 6.07) is 33.9. The molecule has 1 atom stereocenters. The van der Waals surface area contributed by atoms with E-state index in [2.05, 4.69) is 88.3 Å². The van der Waals surface area contributed by atoms with Gasteiger partial charge in [0.15, 0.2) is 11.5 Å². The highest BCUT2D eigenvalue weighted by Gasteiger charge is 2.35. The summed E-state index contributed by atoms with van der Waals surface area (Å²) in [5, 5.41) is 6.94. The lowest BCUT2D eigenvalue weighted by atomic mass is 9.68. The SMILES string of the molecule is COc1cc2c(cc1OC)C(CCCCNC1CCC1)N(CCCC(CCCNC(=O)CCc1ccc(F)cc1)(c1ccccc1)c1ccccc1)CC2. The van der Waals surface area contributed by atoms with Gasteiger partial charge < -0.3 is 20.1 Å². The predicted molar refractivity (Wildman–Crippen MR) is 217 cm³/mol. The quantitative estimate of drug-likeness (QED) is 0.0837. The highest BCUT2D eigenvalue weighted by molar-refractivity contribution is 5.76. The van der Waals surface area contributed by atoms with E-state index in [4.69, 9.17) is 9.47 Å². The fourth-order valence-electron chi connectivity index (χ4n) is 8.65. The maximum atomic E-state index is 13.3. The van der Waals surface area contributed by atoms with Crippen molar-refractivity contribution in [2.45, 2.75) is 101 Å². The average Bonchev–Trinajstić information content (AvgIpc) is 3.19. The number of rotatable bonds is 21. The van der Waals surface area contributed by atoms with E-state index in [9.17, 15) is 9.18 Å². The van der Waals surface area contributed by atoms with Crippen LogP contribution in [-0.2, 0) is 23.1 Å². The van der Waals surface area contributed by atoms with Gasteiger partial charge in [0.2, 0.25) is 5.91 Å². The molecule has 1 fully saturated rings. The van der Waals surface area contributed by atoms with E-state index < -0.39 is 0 Å². The van der Waals surface area contributed by atoms with Gasteiger partial charge in [-0.25, -0.2) is 4.39 Å². The van der Waals surface area contributed by atoms with Crippen molar-refractivity contribution in [3.63, 3.8) is 0 Å². The number of nitrogens with one attached hydrogen (secondary N) is 2. The molecule has 6 rings (SSSR count). The Morgan fingerprint density at radius 1 is 0.815 bits per heavy atom. The summed E-state index contributed by atoms with van der Waals surface area (Å²) in [6.45, 7) is 3.76. The first kappa shape index (κ1) is 39.5.